The monoisotopic (exact) mass is 439 g/mol. The fourth-order valence-electron chi connectivity index (χ4n) is 4.08. The van der Waals surface area contributed by atoms with Crippen molar-refractivity contribution in [3.63, 3.8) is 0 Å². The summed E-state index contributed by atoms with van der Waals surface area (Å²) in [4.78, 5) is 33.8. The summed E-state index contributed by atoms with van der Waals surface area (Å²) in [5, 5.41) is 4.55. The van der Waals surface area contributed by atoms with Crippen LogP contribution in [0, 0.1) is 25.6 Å². The summed E-state index contributed by atoms with van der Waals surface area (Å²) in [5.74, 6) is 0.449. The van der Waals surface area contributed by atoms with E-state index in [0.29, 0.717) is 24.3 Å². The Morgan fingerprint density at radius 3 is 2.53 bits per heavy atom. The molecule has 1 fully saturated rings. The lowest BCUT2D eigenvalue weighted by atomic mass is 10.1. The van der Waals surface area contributed by atoms with Crippen molar-refractivity contribution in [3.05, 3.63) is 53.1 Å². The molecule has 0 bridgehead atoms. The van der Waals surface area contributed by atoms with E-state index in [4.69, 9.17) is 4.99 Å². The second-order valence-electron chi connectivity index (χ2n) is 8.74. The molecule has 9 heteroatoms. The number of urea groups is 1. The number of halogens is 1. The van der Waals surface area contributed by atoms with Crippen LogP contribution in [0.2, 0.25) is 0 Å². The van der Waals surface area contributed by atoms with Crippen LogP contribution in [0.15, 0.2) is 35.3 Å². The summed E-state index contributed by atoms with van der Waals surface area (Å²) in [7, 11) is 1.60. The molecule has 4 rings (SSSR count). The molecule has 2 aromatic rings. The van der Waals surface area contributed by atoms with Gasteiger partial charge in [-0.25, -0.2) is 13.8 Å². The zero-order valence-electron chi connectivity index (χ0n) is 19.0. The van der Waals surface area contributed by atoms with Crippen LogP contribution in [-0.4, -0.2) is 67.5 Å². The molecule has 0 aliphatic carbocycles. The van der Waals surface area contributed by atoms with Crippen molar-refractivity contribution in [1.82, 2.24) is 19.6 Å². The third kappa shape index (κ3) is 3.72. The molecule has 32 heavy (non-hydrogen) atoms. The number of carbonyl (C=O) groups is 2. The Morgan fingerprint density at radius 1 is 1.19 bits per heavy atom. The molecular weight excluding hydrogens is 411 g/mol. The molecule has 2 aliphatic heterocycles. The van der Waals surface area contributed by atoms with Gasteiger partial charge >= 0.3 is 12.0 Å². The quantitative estimate of drug-likeness (QED) is 0.673. The average molecular weight is 440 g/mol. The summed E-state index contributed by atoms with van der Waals surface area (Å²) in [5.41, 5.74) is 2.02. The van der Waals surface area contributed by atoms with Gasteiger partial charge < -0.3 is 0 Å². The fraction of sp³-hybridized carbons (Fsp3) is 0.435. The minimum Gasteiger partial charge on any atom is -0.270 e. The third-order valence-electron chi connectivity index (χ3n) is 5.82. The van der Waals surface area contributed by atoms with Crippen LogP contribution < -0.4 is 0 Å². The molecule has 1 unspecified atom stereocenters. The van der Waals surface area contributed by atoms with Gasteiger partial charge in [0.2, 0.25) is 11.9 Å². The molecule has 1 atom stereocenters. The molecule has 1 aromatic carbocycles. The first-order valence-electron chi connectivity index (χ1n) is 10.8. The molecule has 2 aliphatic rings. The Morgan fingerprint density at radius 2 is 1.91 bits per heavy atom. The van der Waals surface area contributed by atoms with Crippen molar-refractivity contribution >= 4 is 23.7 Å². The van der Waals surface area contributed by atoms with Gasteiger partial charge in [-0.15, -0.1) is 9.78 Å². The van der Waals surface area contributed by atoms with Crippen LogP contribution in [0.1, 0.15) is 37.2 Å². The number of amides is 3. The summed E-state index contributed by atoms with van der Waals surface area (Å²) < 4.78 is 17.9. The maximum Gasteiger partial charge on any atom is 0.421 e. The predicted molar refractivity (Wildman–Crippen MR) is 118 cm³/mol. The Bertz CT molecular complexity index is 1150. The van der Waals surface area contributed by atoms with E-state index in [2.05, 4.69) is 18.9 Å². The van der Waals surface area contributed by atoms with Gasteiger partial charge in [0.05, 0.1) is 18.8 Å². The van der Waals surface area contributed by atoms with Crippen molar-refractivity contribution in [3.8, 4) is 0 Å². The number of rotatable bonds is 5. The maximum atomic E-state index is 14.3. The minimum atomic E-state index is -0.762. The Kier molecular flexibility index (Phi) is 5.66. The van der Waals surface area contributed by atoms with Crippen molar-refractivity contribution in [1.29, 1.82) is 0 Å². The van der Waals surface area contributed by atoms with E-state index in [1.807, 2.05) is 24.5 Å². The number of aryl methyl sites for hydroxylation is 2. The third-order valence-corrected chi connectivity index (χ3v) is 5.82. The highest BCUT2D eigenvalue weighted by Crippen LogP contribution is 2.24. The van der Waals surface area contributed by atoms with E-state index in [9.17, 15) is 14.0 Å². The summed E-state index contributed by atoms with van der Waals surface area (Å²) in [6.07, 6.45) is 0.834. The molecule has 8 nitrogen and oxygen atoms in total. The Labute approximate surface area is 186 Å². The number of nitrogens with zero attached hydrogens (tertiary/aromatic N) is 6. The highest BCUT2D eigenvalue weighted by atomic mass is 19.1. The van der Waals surface area contributed by atoms with Crippen molar-refractivity contribution < 1.29 is 18.6 Å². The highest BCUT2D eigenvalue weighted by molar-refractivity contribution is 6.22. The zero-order chi connectivity index (χ0) is 23.2. The van der Waals surface area contributed by atoms with Crippen molar-refractivity contribution in [2.75, 3.05) is 13.6 Å². The molecule has 0 spiro atoms. The van der Waals surface area contributed by atoms with E-state index in [1.54, 1.807) is 29.9 Å². The first-order valence-corrected chi connectivity index (χ1v) is 10.8. The van der Waals surface area contributed by atoms with Crippen LogP contribution >= 0.6 is 0 Å². The number of hydrogen-bond donors (Lipinski definition) is 0. The maximum absolute atomic E-state index is 14.3. The van der Waals surface area contributed by atoms with Gasteiger partial charge in [0.1, 0.15) is 11.5 Å². The number of benzene rings is 1. The van der Waals surface area contributed by atoms with E-state index in [1.165, 1.54) is 11.0 Å². The highest BCUT2D eigenvalue weighted by Gasteiger charge is 2.53. The standard InChI is InChI=1S/C23H28FN6O2/c1-14(2)10-11-28-19-20(25-22(28)30-16(4)12-15(3)26-30)27(5)23(32)29(21(19)31)13-17-8-6-7-9-18(17)24/h6-9,12,14,19H,10-11,13H2,1-5H3/q+1. The smallest absolute Gasteiger partial charge is 0.270 e. The van der Waals surface area contributed by atoms with Crippen molar-refractivity contribution in [2.45, 2.75) is 46.7 Å². The van der Waals surface area contributed by atoms with Gasteiger partial charge in [-0.1, -0.05) is 37.0 Å². The number of fused-ring (bicyclic) bond motifs is 1. The first kappa shape index (κ1) is 21.9. The normalized spacial score (nSPS) is 18.7. The summed E-state index contributed by atoms with van der Waals surface area (Å²) in [6, 6.07) is 6.83. The molecule has 0 saturated carbocycles. The molecule has 168 valence electrons. The van der Waals surface area contributed by atoms with Gasteiger partial charge in [0.15, 0.2) is 0 Å². The molecule has 0 radical (unpaired) electrons. The number of carbonyl (C=O) groups excluding carboxylic acids is 2. The Balaban J connectivity index is 1.77. The molecule has 1 aromatic heterocycles. The SMILES string of the molecule is Cc1cc(C)n(C2=[N+](CCC(C)C)C3C(=O)N(Cc4ccccc4F)C(=O)N(C)C3=N2)n1. The average Bonchev–Trinajstić information content (AvgIpc) is 3.28. The first-order chi connectivity index (χ1) is 15.2. The molecule has 3 heterocycles. The second kappa shape index (κ2) is 8.29. The van der Waals surface area contributed by atoms with Gasteiger partial charge in [0, 0.05) is 12.6 Å². The number of aliphatic imine (C=N–C) groups is 1. The van der Waals surface area contributed by atoms with Gasteiger partial charge in [-0.05, 0) is 38.3 Å². The molecule has 3 amide bonds. The van der Waals surface area contributed by atoms with Crippen LogP contribution in [0.25, 0.3) is 0 Å². The molecule has 0 N–H and O–H groups in total. The summed E-state index contributed by atoms with van der Waals surface area (Å²) in [6.45, 7) is 8.49. The lowest BCUT2D eigenvalue weighted by Crippen LogP contribution is -2.62. The predicted octanol–water partition coefficient (Wildman–Crippen LogP) is 2.78. The fourth-order valence-corrected chi connectivity index (χ4v) is 4.08. The Hall–Kier alpha value is -3.36. The topological polar surface area (TPSA) is 73.8 Å². The summed E-state index contributed by atoms with van der Waals surface area (Å²) >= 11 is 0. The van der Waals surface area contributed by atoms with Crippen LogP contribution in [0.4, 0.5) is 9.18 Å². The molecule has 1 saturated heterocycles. The largest absolute Gasteiger partial charge is 0.421 e. The molecular formula is C23H28FN6O2+. The van der Waals surface area contributed by atoms with Crippen LogP contribution in [0.3, 0.4) is 0 Å². The second-order valence-corrected chi connectivity index (χ2v) is 8.74. The van der Waals surface area contributed by atoms with Crippen LogP contribution in [0.5, 0.6) is 0 Å². The minimum absolute atomic E-state index is 0.133. The van der Waals surface area contributed by atoms with Crippen molar-refractivity contribution in [2.24, 2.45) is 10.9 Å². The lowest BCUT2D eigenvalue weighted by Gasteiger charge is -2.34. The van der Waals surface area contributed by atoms with Gasteiger partial charge in [0.25, 0.3) is 5.91 Å². The van der Waals surface area contributed by atoms with Gasteiger partial charge in [-0.2, -0.15) is 0 Å². The van der Waals surface area contributed by atoms with Crippen LogP contribution in [-0.2, 0) is 11.3 Å². The lowest BCUT2D eigenvalue weighted by molar-refractivity contribution is -0.538. The number of likely N-dealkylation sites (N-methyl/N-ethyl adjacent to an activating group) is 1. The van der Waals surface area contributed by atoms with E-state index < -0.39 is 23.8 Å². The zero-order valence-corrected chi connectivity index (χ0v) is 19.0. The van der Waals surface area contributed by atoms with E-state index >= 15 is 0 Å². The number of aromatic nitrogens is 2. The number of imide groups is 1. The van der Waals surface area contributed by atoms with E-state index in [-0.39, 0.29) is 12.1 Å². The van der Waals surface area contributed by atoms with Gasteiger partial charge in [-0.3, -0.25) is 14.6 Å². The van der Waals surface area contributed by atoms with E-state index in [0.717, 1.165) is 22.7 Å². The number of hydrogen-bond acceptors (Lipinski definition) is 4. The number of amidine groups is 1.